The number of rotatable bonds is 4. The maximum atomic E-state index is 10.4. The van der Waals surface area contributed by atoms with Gasteiger partial charge in [-0.1, -0.05) is 58.5 Å². The summed E-state index contributed by atoms with van der Waals surface area (Å²) >= 11 is 24.3. The lowest BCUT2D eigenvalue weighted by Gasteiger charge is -2.47. The second kappa shape index (κ2) is 9.46. The third-order valence-corrected chi connectivity index (χ3v) is 6.26. The minimum atomic E-state index is -1.20. The van der Waals surface area contributed by atoms with E-state index in [0.717, 1.165) is 0 Å². The first-order valence-corrected chi connectivity index (χ1v) is 10.7. The summed E-state index contributed by atoms with van der Waals surface area (Å²) in [6.45, 7) is -0.358. The Bertz CT molecular complexity index is 913. The van der Waals surface area contributed by atoms with Crippen molar-refractivity contribution >= 4 is 46.4 Å². The largest absolute Gasteiger partial charge is 0.394 e. The third-order valence-electron chi connectivity index (χ3n) is 4.96. The summed E-state index contributed by atoms with van der Waals surface area (Å²) < 4.78 is 23.8. The van der Waals surface area contributed by atoms with Crippen molar-refractivity contribution in [2.75, 3.05) is 13.2 Å². The number of hydrogen-bond donors (Lipinski definition) is 2. The van der Waals surface area contributed by atoms with E-state index in [-0.39, 0.29) is 6.61 Å². The zero-order chi connectivity index (χ0) is 21.4. The van der Waals surface area contributed by atoms with Gasteiger partial charge in [0.15, 0.2) is 12.6 Å². The molecule has 0 saturated carbocycles. The number of fused-ring (bicyclic) bond motifs is 1. The minimum Gasteiger partial charge on any atom is -0.394 e. The zero-order valence-electron chi connectivity index (χ0n) is 15.4. The molecule has 2 aliphatic heterocycles. The normalized spacial score (nSPS) is 30.0. The van der Waals surface area contributed by atoms with Crippen LogP contribution in [0.4, 0.5) is 0 Å². The van der Waals surface area contributed by atoms with E-state index in [0.29, 0.717) is 31.2 Å². The van der Waals surface area contributed by atoms with Crippen molar-refractivity contribution in [1.29, 1.82) is 0 Å². The molecule has 4 rings (SSSR count). The molecule has 6 nitrogen and oxygen atoms in total. The summed E-state index contributed by atoms with van der Waals surface area (Å²) in [6, 6.07) is 9.93. The van der Waals surface area contributed by atoms with Gasteiger partial charge < -0.3 is 29.2 Å². The molecular formula is C20H18Cl4O6. The second-order valence-corrected chi connectivity index (χ2v) is 8.62. The van der Waals surface area contributed by atoms with Crippen LogP contribution in [0.3, 0.4) is 0 Å². The Morgan fingerprint density at radius 3 is 2.40 bits per heavy atom. The standard InChI is InChI=1S/C20H18Cl4O6/c21-10-2-3-11(13(23)6-10)20-27-8-16-18(30-20)17(15(26)7-25)29-19(28-16)9-1-4-12(22)14(24)5-9/h1-6,15-20,25-26H,7-8H2/t15-,16+,17-,18-,19?,20?/m1/s1. The van der Waals surface area contributed by atoms with Crippen LogP contribution in [0.15, 0.2) is 36.4 Å². The van der Waals surface area contributed by atoms with Gasteiger partial charge in [-0.25, -0.2) is 0 Å². The van der Waals surface area contributed by atoms with Crippen LogP contribution < -0.4 is 0 Å². The SMILES string of the molecule is OC[C@@H](O)[C@H]1OC(c2ccc(Cl)c(Cl)c2)O[C@H]2COC(c3ccc(Cl)cc3Cl)O[C@@H]12. The molecule has 0 spiro atoms. The van der Waals surface area contributed by atoms with Gasteiger partial charge in [-0.05, 0) is 24.3 Å². The highest BCUT2D eigenvalue weighted by atomic mass is 35.5. The van der Waals surface area contributed by atoms with Crippen LogP contribution in [0.2, 0.25) is 20.1 Å². The van der Waals surface area contributed by atoms with Gasteiger partial charge in [0.25, 0.3) is 0 Å². The van der Waals surface area contributed by atoms with Crippen molar-refractivity contribution in [2.24, 2.45) is 0 Å². The third kappa shape index (κ3) is 4.59. The number of ether oxygens (including phenoxy) is 4. The summed E-state index contributed by atoms with van der Waals surface area (Å²) in [7, 11) is 0. The van der Waals surface area contributed by atoms with Gasteiger partial charge in [-0.2, -0.15) is 0 Å². The van der Waals surface area contributed by atoms with E-state index >= 15 is 0 Å². The van der Waals surface area contributed by atoms with Crippen molar-refractivity contribution in [2.45, 2.75) is 37.0 Å². The fourth-order valence-electron chi connectivity index (χ4n) is 3.45. The van der Waals surface area contributed by atoms with Gasteiger partial charge in [-0.15, -0.1) is 0 Å². The average Bonchev–Trinajstić information content (AvgIpc) is 2.74. The van der Waals surface area contributed by atoms with Gasteiger partial charge in [0.1, 0.15) is 24.4 Å². The molecule has 10 heteroatoms. The predicted molar refractivity (Wildman–Crippen MR) is 112 cm³/mol. The first kappa shape index (κ1) is 22.6. The van der Waals surface area contributed by atoms with Crippen LogP contribution in [0, 0.1) is 0 Å². The van der Waals surface area contributed by atoms with Crippen molar-refractivity contribution in [3.63, 3.8) is 0 Å². The maximum absolute atomic E-state index is 10.4. The molecule has 0 aromatic heterocycles. The maximum Gasteiger partial charge on any atom is 0.185 e. The van der Waals surface area contributed by atoms with Gasteiger partial charge in [0, 0.05) is 16.1 Å². The molecule has 2 aromatic rings. The van der Waals surface area contributed by atoms with E-state index in [1.807, 2.05) is 0 Å². The van der Waals surface area contributed by atoms with Crippen LogP contribution in [0.1, 0.15) is 23.7 Å². The number of aliphatic hydroxyl groups excluding tert-OH is 2. The molecule has 2 heterocycles. The first-order chi connectivity index (χ1) is 14.4. The summed E-state index contributed by atoms with van der Waals surface area (Å²) in [5, 5.41) is 21.5. The predicted octanol–water partition coefficient (Wildman–Crippen LogP) is 4.55. The molecule has 0 amide bonds. The van der Waals surface area contributed by atoms with Crippen LogP contribution in [0.25, 0.3) is 0 Å². The van der Waals surface area contributed by atoms with E-state index in [4.69, 9.17) is 65.4 Å². The fraction of sp³-hybridized carbons (Fsp3) is 0.400. The van der Waals surface area contributed by atoms with E-state index < -0.39 is 43.6 Å². The van der Waals surface area contributed by atoms with Crippen molar-refractivity contribution in [1.82, 2.24) is 0 Å². The first-order valence-electron chi connectivity index (χ1n) is 9.14. The van der Waals surface area contributed by atoms with E-state index in [1.165, 1.54) is 0 Å². The monoisotopic (exact) mass is 494 g/mol. The zero-order valence-corrected chi connectivity index (χ0v) is 18.4. The molecule has 162 valence electrons. The number of hydrogen-bond acceptors (Lipinski definition) is 6. The topological polar surface area (TPSA) is 77.4 Å². The molecule has 0 aliphatic carbocycles. The molecular weight excluding hydrogens is 478 g/mol. The van der Waals surface area contributed by atoms with Gasteiger partial charge in [0.2, 0.25) is 0 Å². The average molecular weight is 496 g/mol. The Hall–Kier alpha value is -0.640. The molecule has 0 bridgehead atoms. The van der Waals surface area contributed by atoms with Gasteiger partial charge in [-0.3, -0.25) is 0 Å². The summed E-state index contributed by atoms with van der Waals surface area (Å²) in [5.74, 6) is 0. The minimum absolute atomic E-state index is 0.157. The van der Waals surface area contributed by atoms with Crippen molar-refractivity contribution in [3.8, 4) is 0 Å². The molecule has 2 fully saturated rings. The molecule has 2 unspecified atom stereocenters. The lowest BCUT2D eigenvalue weighted by atomic mass is 9.99. The molecule has 2 N–H and O–H groups in total. The lowest BCUT2D eigenvalue weighted by molar-refractivity contribution is -0.373. The Kier molecular flexibility index (Phi) is 7.11. The van der Waals surface area contributed by atoms with Crippen LogP contribution in [-0.2, 0) is 18.9 Å². The summed E-state index contributed by atoms with van der Waals surface area (Å²) in [4.78, 5) is 0. The van der Waals surface area contributed by atoms with Crippen molar-refractivity contribution in [3.05, 3.63) is 67.6 Å². The van der Waals surface area contributed by atoms with Crippen molar-refractivity contribution < 1.29 is 29.2 Å². The summed E-state index contributed by atoms with van der Waals surface area (Å²) in [6.07, 6.45) is -5.02. The molecule has 2 saturated heterocycles. The second-order valence-electron chi connectivity index (χ2n) is 6.96. The van der Waals surface area contributed by atoms with E-state index in [1.54, 1.807) is 36.4 Å². The highest BCUT2D eigenvalue weighted by molar-refractivity contribution is 6.42. The smallest absolute Gasteiger partial charge is 0.185 e. The summed E-state index contributed by atoms with van der Waals surface area (Å²) in [5.41, 5.74) is 1.20. The highest BCUT2D eigenvalue weighted by Gasteiger charge is 2.48. The van der Waals surface area contributed by atoms with Crippen LogP contribution in [-0.4, -0.2) is 47.8 Å². The molecule has 2 aliphatic rings. The number of benzene rings is 2. The van der Waals surface area contributed by atoms with Gasteiger partial charge >= 0.3 is 0 Å². The molecule has 6 atom stereocenters. The van der Waals surface area contributed by atoms with Gasteiger partial charge in [0.05, 0.1) is 28.3 Å². The highest BCUT2D eigenvalue weighted by Crippen LogP contribution is 2.41. The Morgan fingerprint density at radius 1 is 0.900 bits per heavy atom. The number of halogens is 4. The quantitative estimate of drug-likeness (QED) is 0.647. The Morgan fingerprint density at radius 2 is 1.70 bits per heavy atom. The molecule has 30 heavy (non-hydrogen) atoms. The molecule has 0 radical (unpaired) electrons. The fourth-order valence-corrected chi connectivity index (χ4v) is 4.25. The number of aliphatic hydroxyl groups is 2. The Labute approximate surface area is 193 Å². The van der Waals surface area contributed by atoms with Crippen LogP contribution >= 0.6 is 46.4 Å². The molecule has 2 aromatic carbocycles. The van der Waals surface area contributed by atoms with E-state index in [2.05, 4.69) is 0 Å². The van der Waals surface area contributed by atoms with E-state index in [9.17, 15) is 10.2 Å². The Balaban J connectivity index is 1.58. The lowest BCUT2D eigenvalue weighted by Crippen LogP contribution is -2.58. The van der Waals surface area contributed by atoms with Crippen LogP contribution in [0.5, 0.6) is 0 Å².